The maximum atomic E-state index is 12.2. The van der Waals surface area contributed by atoms with E-state index >= 15 is 0 Å². The third-order valence-corrected chi connectivity index (χ3v) is 3.18. The molecule has 108 valence electrons. The van der Waals surface area contributed by atoms with Gasteiger partial charge in [0.2, 0.25) is 0 Å². The topological polar surface area (TPSA) is 99.3 Å². The smallest absolute Gasteiger partial charge is 0.334 e. The Hall–Kier alpha value is -2.89. The number of carbonyl (C=O) groups excluding carboxylic acids is 1. The molecule has 0 spiro atoms. The summed E-state index contributed by atoms with van der Waals surface area (Å²) < 4.78 is 0. The molecule has 1 heterocycles. The predicted molar refractivity (Wildman–Crippen MR) is 76.0 cm³/mol. The van der Waals surface area contributed by atoms with E-state index in [1.807, 2.05) is 0 Å². The van der Waals surface area contributed by atoms with E-state index in [-0.39, 0.29) is 5.56 Å². The molecule has 1 aromatic carbocycles. The number of aliphatic carboxylic acids is 1. The lowest BCUT2D eigenvalue weighted by Crippen LogP contribution is -2.52. The van der Waals surface area contributed by atoms with E-state index in [1.165, 1.54) is 25.3 Å². The maximum absolute atomic E-state index is 12.2. The molecule has 1 unspecified atom stereocenters. The second-order valence-electron chi connectivity index (χ2n) is 4.66. The van der Waals surface area contributed by atoms with Gasteiger partial charge in [-0.15, -0.1) is 0 Å². The Balaban J connectivity index is 2.41. The minimum Gasteiger partial charge on any atom is -0.479 e. The lowest BCUT2D eigenvalue weighted by molar-refractivity contribution is -0.144. The Morgan fingerprint density at radius 3 is 2.38 bits per heavy atom. The van der Waals surface area contributed by atoms with E-state index in [1.54, 1.807) is 30.3 Å². The molecular weight excluding hydrogens is 272 g/mol. The van der Waals surface area contributed by atoms with Crippen molar-refractivity contribution in [3.63, 3.8) is 0 Å². The highest BCUT2D eigenvalue weighted by Gasteiger charge is 2.39. The molecular formula is C15H14N2O4. The van der Waals surface area contributed by atoms with Crippen LogP contribution in [0.3, 0.4) is 0 Å². The number of hydrogen-bond donors (Lipinski definition) is 3. The molecule has 2 rings (SSSR count). The monoisotopic (exact) mass is 286 g/mol. The van der Waals surface area contributed by atoms with E-state index in [2.05, 4.69) is 10.3 Å². The van der Waals surface area contributed by atoms with Crippen LogP contribution in [-0.2, 0) is 10.3 Å². The number of pyridine rings is 1. The van der Waals surface area contributed by atoms with Crippen LogP contribution in [0.5, 0.6) is 0 Å². The normalized spacial score (nSPS) is 13.2. The molecule has 0 aliphatic carbocycles. The van der Waals surface area contributed by atoms with Gasteiger partial charge in [0.25, 0.3) is 11.5 Å². The lowest BCUT2D eigenvalue weighted by atomic mass is 9.92. The SMILES string of the molecule is CC(NC(=O)c1ccccc1)(C(=O)O)c1ccc[nH]c1=O. The van der Waals surface area contributed by atoms with Gasteiger partial charge in [-0.05, 0) is 31.2 Å². The van der Waals surface area contributed by atoms with Gasteiger partial charge >= 0.3 is 5.97 Å². The molecule has 0 saturated heterocycles. The van der Waals surface area contributed by atoms with Crippen LogP contribution < -0.4 is 10.9 Å². The summed E-state index contributed by atoms with van der Waals surface area (Å²) in [7, 11) is 0. The Kier molecular flexibility index (Phi) is 3.89. The summed E-state index contributed by atoms with van der Waals surface area (Å²) in [6, 6.07) is 11.1. The summed E-state index contributed by atoms with van der Waals surface area (Å²) >= 11 is 0. The third-order valence-electron chi connectivity index (χ3n) is 3.18. The van der Waals surface area contributed by atoms with Gasteiger partial charge in [0, 0.05) is 11.8 Å². The molecule has 1 amide bonds. The molecule has 0 saturated carbocycles. The molecule has 6 nitrogen and oxygen atoms in total. The average Bonchev–Trinajstić information content (AvgIpc) is 2.48. The van der Waals surface area contributed by atoms with Crippen molar-refractivity contribution in [2.24, 2.45) is 0 Å². The van der Waals surface area contributed by atoms with Crippen molar-refractivity contribution in [1.82, 2.24) is 10.3 Å². The number of hydrogen-bond acceptors (Lipinski definition) is 3. The summed E-state index contributed by atoms with van der Waals surface area (Å²) in [5, 5.41) is 11.8. The minimum atomic E-state index is -1.82. The molecule has 2 aromatic rings. The van der Waals surface area contributed by atoms with Crippen LogP contribution in [0.4, 0.5) is 0 Å². The van der Waals surface area contributed by atoms with Gasteiger partial charge in [-0.2, -0.15) is 0 Å². The number of aromatic nitrogens is 1. The number of amides is 1. The maximum Gasteiger partial charge on any atom is 0.334 e. The van der Waals surface area contributed by atoms with Crippen molar-refractivity contribution in [3.8, 4) is 0 Å². The Morgan fingerprint density at radius 2 is 1.81 bits per heavy atom. The lowest BCUT2D eigenvalue weighted by Gasteiger charge is -2.25. The quantitative estimate of drug-likeness (QED) is 0.783. The molecule has 0 aliphatic rings. The van der Waals surface area contributed by atoms with Crippen LogP contribution in [0.25, 0.3) is 0 Å². The fourth-order valence-electron chi connectivity index (χ4n) is 1.94. The van der Waals surface area contributed by atoms with E-state index in [0.29, 0.717) is 5.56 Å². The van der Waals surface area contributed by atoms with Gasteiger partial charge in [0.05, 0.1) is 5.56 Å². The largest absolute Gasteiger partial charge is 0.479 e. The van der Waals surface area contributed by atoms with Gasteiger partial charge < -0.3 is 15.4 Å². The second kappa shape index (κ2) is 5.62. The minimum absolute atomic E-state index is 0.0400. The Morgan fingerprint density at radius 1 is 1.14 bits per heavy atom. The molecule has 0 aliphatic heterocycles. The zero-order valence-electron chi connectivity index (χ0n) is 11.3. The first-order valence-electron chi connectivity index (χ1n) is 6.24. The molecule has 0 fully saturated rings. The van der Waals surface area contributed by atoms with Crippen molar-refractivity contribution in [2.45, 2.75) is 12.5 Å². The summed E-state index contributed by atoms with van der Waals surface area (Å²) in [5.41, 5.74) is -2.10. The number of carbonyl (C=O) groups is 2. The Labute approximate surface area is 120 Å². The number of benzene rings is 1. The molecule has 0 radical (unpaired) electrons. The number of aromatic amines is 1. The fourth-order valence-corrected chi connectivity index (χ4v) is 1.94. The summed E-state index contributed by atoms with van der Waals surface area (Å²) in [6.45, 7) is 1.28. The van der Waals surface area contributed by atoms with Crippen molar-refractivity contribution in [2.75, 3.05) is 0 Å². The van der Waals surface area contributed by atoms with Crippen LogP contribution in [-0.4, -0.2) is 22.0 Å². The molecule has 1 aromatic heterocycles. The highest BCUT2D eigenvalue weighted by Crippen LogP contribution is 2.18. The summed E-state index contributed by atoms with van der Waals surface area (Å²) in [5.74, 6) is -1.88. The highest BCUT2D eigenvalue weighted by molar-refractivity contribution is 5.98. The van der Waals surface area contributed by atoms with E-state index < -0.39 is 23.0 Å². The van der Waals surface area contributed by atoms with Crippen LogP contribution in [0, 0.1) is 0 Å². The highest BCUT2D eigenvalue weighted by atomic mass is 16.4. The van der Waals surface area contributed by atoms with Crippen LogP contribution in [0.1, 0.15) is 22.8 Å². The third kappa shape index (κ3) is 2.84. The standard InChI is InChI=1S/C15H14N2O4/c1-15(14(20)21,11-8-5-9-16-13(11)19)17-12(18)10-6-3-2-4-7-10/h2-9H,1H3,(H,16,19)(H,17,18)(H,20,21). The molecule has 3 N–H and O–H groups in total. The number of carboxylic acid groups (broad SMARTS) is 1. The van der Waals surface area contributed by atoms with E-state index in [0.717, 1.165) is 0 Å². The number of carboxylic acids is 1. The predicted octanol–water partition coefficient (Wildman–Crippen LogP) is 1.10. The van der Waals surface area contributed by atoms with Gasteiger partial charge in [-0.25, -0.2) is 4.79 Å². The number of H-pyrrole nitrogens is 1. The first kappa shape index (κ1) is 14.5. The molecule has 6 heteroatoms. The van der Waals surface area contributed by atoms with E-state index in [4.69, 9.17) is 0 Å². The number of nitrogens with one attached hydrogen (secondary N) is 2. The van der Waals surface area contributed by atoms with Gasteiger partial charge in [-0.1, -0.05) is 18.2 Å². The van der Waals surface area contributed by atoms with Crippen molar-refractivity contribution in [3.05, 3.63) is 70.1 Å². The van der Waals surface area contributed by atoms with Crippen molar-refractivity contribution < 1.29 is 14.7 Å². The van der Waals surface area contributed by atoms with Crippen LogP contribution in [0.15, 0.2) is 53.5 Å². The van der Waals surface area contributed by atoms with Crippen molar-refractivity contribution in [1.29, 1.82) is 0 Å². The zero-order valence-corrected chi connectivity index (χ0v) is 11.3. The van der Waals surface area contributed by atoms with Gasteiger partial charge in [-0.3, -0.25) is 9.59 Å². The zero-order chi connectivity index (χ0) is 15.5. The van der Waals surface area contributed by atoms with E-state index in [9.17, 15) is 19.5 Å². The summed E-state index contributed by atoms with van der Waals surface area (Å²) in [6.07, 6.45) is 1.40. The first-order valence-corrected chi connectivity index (χ1v) is 6.24. The molecule has 0 bridgehead atoms. The van der Waals surface area contributed by atoms with Gasteiger partial charge in [0.15, 0.2) is 5.54 Å². The fraction of sp³-hybridized carbons (Fsp3) is 0.133. The van der Waals surface area contributed by atoms with Crippen molar-refractivity contribution >= 4 is 11.9 Å². The average molecular weight is 286 g/mol. The second-order valence-corrected chi connectivity index (χ2v) is 4.66. The number of rotatable bonds is 4. The molecule has 21 heavy (non-hydrogen) atoms. The molecule has 1 atom stereocenters. The van der Waals surface area contributed by atoms with Gasteiger partial charge in [0.1, 0.15) is 0 Å². The summed E-state index contributed by atoms with van der Waals surface area (Å²) in [4.78, 5) is 38.0. The van der Waals surface area contributed by atoms with Crippen LogP contribution >= 0.6 is 0 Å². The Bertz CT molecular complexity index is 724. The first-order chi connectivity index (χ1) is 9.95. The van der Waals surface area contributed by atoms with Crippen LogP contribution in [0.2, 0.25) is 0 Å².